The van der Waals surface area contributed by atoms with Crippen molar-refractivity contribution < 1.29 is 9.84 Å². The van der Waals surface area contributed by atoms with E-state index >= 15 is 0 Å². The van der Waals surface area contributed by atoms with Crippen molar-refractivity contribution in [2.45, 2.75) is 32.0 Å². The molecule has 0 saturated carbocycles. The van der Waals surface area contributed by atoms with E-state index < -0.39 is 6.10 Å². The Bertz CT molecular complexity index is 342. The van der Waals surface area contributed by atoms with Crippen LogP contribution in [0.25, 0.3) is 0 Å². The molecule has 0 bridgehead atoms. The van der Waals surface area contributed by atoms with Crippen LogP contribution in [0.4, 0.5) is 0 Å². The third kappa shape index (κ3) is 3.63. The second-order valence-corrected chi connectivity index (χ2v) is 4.57. The number of methoxy groups -OCH3 is 1. The van der Waals surface area contributed by atoms with Gasteiger partial charge in [0.15, 0.2) is 0 Å². The molecule has 2 unspecified atom stereocenters. The van der Waals surface area contributed by atoms with Gasteiger partial charge in [0.25, 0.3) is 0 Å². The first-order chi connectivity index (χ1) is 7.56. The average Bonchev–Trinajstić information content (AvgIpc) is 2.29. The summed E-state index contributed by atoms with van der Waals surface area (Å²) < 4.78 is 5.12. The minimum Gasteiger partial charge on any atom is -0.388 e. The molecular weight excluding hydrogens is 247 g/mol. The maximum atomic E-state index is 9.97. The van der Waals surface area contributed by atoms with Gasteiger partial charge in [-0.15, -0.1) is 0 Å². The number of halogens is 2. The van der Waals surface area contributed by atoms with E-state index in [0.29, 0.717) is 22.0 Å². The average molecular weight is 263 g/mol. The summed E-state index contributed by atoms with van der Waals surface area (Å²) in [7, 11) is 1.66. The van der Waals surface area contributed by atoms with Gasteiger partial charge in [-0.25, -0.2) is 0 Å². The van der Waals surface area contributed by atoms with Crippen molar-refractivity contribution in [1.29, 1.82) is 0 Å². The van der Waals surface area contributed by atoms with E-state index in [0.717, 1.165) is 6.42 Å². The van der Waals surface area contributed by atoms with Crippen molar-refractivity contribution in [3.05, 3.63) is 33.8 Å². The first kappa shape index (κ1) is 13.8. The van der Waals surface area contributed by atoms with Crippen molar-refractivity contribution >= 4 is 23.2 Å². The standard InChI is InChI=1S/C12H16Cl2O2/c1-8(16-2)6-7-11(15)9-4-3-5-10(13)12(9)14/h3-5,8,11,15H,6-7H2,1-2H3. The topological polar surface area (TPSA) is 29.5 Å². The molecule has 0 aromatic heterocycles. The van der Waals surface area contributed by atoms with Crippen LogP contribution in [0.2, 0.25) is 10.0 Å². The quantitative estimate of drug-likeness (QED) is 0.874. The monoisotopic (exact) mass is 262 g/mol. The lowest BCUT2D eigenvalue weighted by Gasteiger charge is -2.15. The molecule has 0 aliphatic rings. The largest absolute Gasteiger partial charge is 0.388 e. The predicted molar refractivity (Wildman–Crippen MR) is 67.1 cm³/mol. The molecule has 0 spiro atoms. The van der Waals surface area contributed by atoms with Gasteiger partial charge in [0.1, 0.15) is 0 Å². The van der Waals surface area contributed by atoms with Gasteiger partial charge in [0.05, 0.1) is 22.3 Å². The molecular formula is C12H16Cl2O2. The molecule has 90 valence electrons. The Balaban J connectivity index is 2.66. The number of hydrogen-bond acceptors (Lipinski definition) is 2. The second kappa shape index (κ2) is 6.45. The highest BCUT2D eigenvalue weighted by Crippen LogP contribution is 2.31. The fraction of sp³-hybridized carbons (Fsp3) is 0.500. The van der Waals surface area contributed by atoms with Crippen LogP contribution in [0.1, 0.15) is 31.4 Å². The number of aliphatic hydroxyl groups is 1. The van der Waals surface area contributed by atoms with Crippen LogP contribution in [0.3, 0.4) is 0 Å². The molecule has 16 heavy (non-hydrogen) atoms. The zero-order valence-electron chi connectivity index (χ0n) is 9.41. The fourth-order valence-corrected chi connectivity index (χ4v) is 1.88. The molecule has 1 rings (SSSR count). The van der Waals surface area contributed by atoms with E-state index in [9.17, 15) is 5.11 Å². The summed E-state index contributed by atoms with van der Waals surface area (Å²) in [5.41, 5.74) is 0.678. The second-order valence-electron chi connectivity index (χ2n) is 3.78. The molecule has 1 N–H and O–H groups in total. The summed E-state index contributed by atoms with van der Waals surface area (Å²) in [6.07, 6.45) is 0.923. The minimum absolute atomic E-state index is 0.132. The fourth-order valence-electron chi connectivity index (χ4n) is 1.44. The zero-order valence-corrected chi connectivity index (χ0v) is 10.9. The summed E-state index contributed by atoms with van der Waals surface area (Å²) >= 11 is 11.9. The smallest absolute Gasteiger partial charge is 0.0805 e. The Labute approximate surface area is 106 Å². The van der Waals surface area contributed by atoms with Gasteiger partial charge >= 0.3 is 0 Å². The van der Waals surface area contributed by atoms with E-state index in [1.165, 1.54) is 0 Å². The van der Waals surface area contributed by atoms with Gasteiger partial charge in [-0.3, -0.25) is 0 Å². The first-order valence-electron chi connectivity index (χ1n) is 5.21. The highest BCUT2D eigenvalue weighted by atomic mass is 35.5. The van der Waals surface area contributed by atoms with E-state index in [2.05, 4.69) is 0 Å². The van der Waals surface area contributed by atoms with Crippen molar-refractivity contribution in [3.8, 4) is 0 Å². The highest BCUT2D eigenvalue weighted by Gasteiger charge is 2.14. The van der Waals surface area contributed by atoms with Crippen molar-refractivity contribution in [3.63, 3.8) is 0 Å². The molecule has 0 saturated heterocycles. The van der Waals surface area contributed by atoms with Gasteiger partial charge in [-0.05, 0) is 25.8 Å². The van der Waals surface area contributed by atoms with Crippen LogP contribution in [0.15, 0.2) is 18.2 Å². The molecule has 0 fully saturated rings. The molecule has 2 nitrogen and oxygen atoms in total. The van der Waals surface area contributed by atoms with Gasteiger partial charge < -0.3 is 9.84 Å². The molecule has 1 aromatic carbocycles. The molecule has 0 radical (unpaired) electrons. The Kier molecular flexibility index (Phi) is 5.56. The molecule has 0 heterocycles. The number of aliphatic hydroxyl groups excluding tert-OH is 1. The summed E-state index contributed by atoms with van der Waals surface area (Å²) in [5.74, 6) is 0. The Hall–Kier alpha value is -0.280. The summed E-state index contributed by atoms with van der Waals surface area (Å²) in [6.45, 7) is 1.96. The highest BCUT2D eigenvalue weighted by molar-refractivity contribution is 6.42. The SMILES string of the molecule is COC(C)CCC(O)c1cccc(Cl)c1Cl. The Morgan fingerprint density at radius 2 is 2.00 bits per heavy atom. The van der Waals surface area contributed by atoms with Crippen molar-refractivity contribution in [1.82, 2.24) is 0 Å². The van der Waals surface area contributed by atoms with Gasteiger partial charge in [0.2, 0.25) is 0 Å². The summed E-state index contributed by atoms with van der Waals surface area (Å²) in [5, 5.41) is 10.9. The van der Waals surface area contributed by atoms with Crippen LogP contribution < -0.4 is 0 Å². The number of rotatable bonds is 5. The van der Waals surface area contributed by atoms with Crippen LogP contribution in [-0.4, -0.2) is 18.3 Å². The molecule has 0 amide bonds. The van der Waals surface area contributed by atoms with Crippen LogP contribution in [0.5, 0.6) is 0 Å². The van der Waals surface area contributed by atoms with E-state index in [1.54, 1.807) is 25.3 Å². The van der Waals surface area contributed by atoms with E-state index in [1.807, 2.05) is 6.92 Å². The zero-order chi connectivity index (χ0) is 12.1. The summed E-state index contributed by atoms with van der Waals surface area (Å²) in [6, 6.07) is 5.28. The molecule has 4 heteroatoms. The van der Waals surface area contributed by atoms with Crippen molar-refractivity contribution in [2.75, 3.05) is 7.11 Å². The van der Waals surface area contributed by atoms with Gasteiger partial charge in [-0.2, -0.15) is 0 Å². The molecule has 1 aromatic rings. The van der Waals surface area contributed by atoms with Crippen LogP contribution in [0, 0.1) is 0 Å². The Morgan fingerprint density at radius 3 is 2.62 bits per heavy atom. The lowest BCUT2D eigenvalue weighted by molar-refractivity contribution is 0.0851. The number of benzene rings is 1. The molecule has 0 aliphatic carbocycles. The normalized spacial score (nSPS) is 14.8. The lowest BCUT2D eigenvalue weighted by atomic mass is 10.0. The minimum atomic E-state index is -0.594. The van der Waals surface area contributed by atoms with Gasteiger partial charge in [-0.1, -0.05) is 35.3 Å². The lowest BCUT2D eigenvalue weighted by Crippen LogP contribution is -2.08. The first-order valence-corrected chi connectivity index (χ1v) is 5.96. The van der Waals surface area contributed by atoms with Crippen LogP contribution in [-0.2, 0) is 4.74 Å². The van der Waals surface area contributed by atoms with E-state index in [4.69, 9.17) is 27.9 Å². The maximum absolute atomic E-state index is 9.97. The Morgan fingerprint density at radius 1 is 1.31 bits per heavy atom. The van der Waals surface area contributed by atoms with Crippen LogP contribution >= 0.6 is 23.2 Å². The maximum Gasteiger partial charge on any atom is 0.0805 e. The summed E-state index contributed by atoms with van der Waals surface area (Å²) in [4.78, 5) is 0. The number of hydrogen-bond donors (Lipinski definition) is 1. The predicted octanol–water partition coefficient (Wildman–Crippen LogP) is 3.84. The van der Waals surface area contributed by atoms with Crippen molar-refractivity contribution in [2.24, 2.45) is 0 Å². The third-order valence-electron chi connectivity index (χ3n) is 2.59. The van der Waals surface area contributed by atoms with Gasteiger partial charge in [0, 0.05) is 12.7 Å². The molecule has 0 aliphatic heterocycles. The van der Waals surface area contributed by atoms with E-state index in [-0.39, 0.29) is 6.10 Å². The number of ether oxygens (including phenoxy) is 1. The molecule has 2 atom stereocenters. The third-order valence-corrected chi connectivity index (χ3v) is 3.42.